The van der Waals surface area contributed by atoms with Gasteiger partial charge < -0.3 is 10.6 Å². The van der Waals surface area contributed by atoms with E-state index in [9.17, 15) is 0 Å². The molecule has 0 aliphatic carbocycles. The number of anilines is 2. The highest BCUT2D eigenvalue weighted by Gasteiger charge is 2.21. The minimum Gasteiger partial charge on any atom is -0.383 e. The van der Waals surface area contributed by atoms with Gasteiger partial charge in [-0.05, 0) is 46.2 Å². The molecule has 0 amide bonds. The number of rotatable bonds is 0. The van der Waals surface area contributed by atoms with Crippen LogP contribution in [0.5, 0.6) is 0 Å². The zero-order chi connectivity index (χ0) is 10.2. The van der Waals surface area contributed by atoms with E-state index in [-0.39, 0.29) is 0 Å². The van der Waals surface area contributed by atoms with E-state index in [1.54, 1.807) is 0 Å². The Hall–Kier alpha value is -0.450. The van der Waals surface area contributed by atoms with Crippen LogP contribution in [-0.2, 0) is 0 Å². The molecule has 1 aromatic carbocycles. The van der Waals surface area contributed by atoms with Gasteiger partial charge in [0.1, 0.15) is 0 Å². The van der Waals surface area contributed by atoms with Crippen LogP contribution < -0.4 is 10.6 Å². The first kappa shape index (κ1) is 10.1. The van der Waals surface area contributed by atoms with Gasteiger partial charge in [0, 0.05) is 16.7 Å². The highest BCUT2D eigenvalue weighted by Crippen LogP contribution is 2.30. The summed E-state index contributed by atoms with van der Waals surface area (Å²) in [6.07, 6.45) is 0. The molecule has 1 aliphatic rings. The van der Waals surface area contributed by atoms with Gasteiger partial charge in [-0.2, -0.15) is 0 Å². The van der Waals surface area contributed by atoms with E-state index in [1.165, 1.54) is 14.9 Å². The maximum Gasteiger partial charge on any atom is 0.0586 e. The lowest BCUT2D eigenvalue weighted by molar-refractivity contribution is 0.423. The van der Waals surface area contributed by atoms with Crippen LogP contribution in [0.1, 0.15) is 13.8 Å². The smallest absolute Gasteiger partial charge is 0.0586 e. The molecule has 0 bridgehead atoms. The third-order valence-corrected chi connectivity index (χ3v) is 3.17. The molecule has 0 radical (unpaired) electrons. The van der Waals surface area contributed by atoms with E-state index < -0.39 is 0 Å². The quantitative estimate of drug-likeness (QED) is 0.719. The molecular weight excluding hydrogens is 287 g/mol. The van der Waals surface area contributed by atoms with Gasteiger partial charge in [-0.3, -0.25) is 0 Å². The number of halogens is 1. The van der Waals surface area contributed by atoms with Crippen molar-refractivity contribution < 1.29 is 0 Å². The third kappa shape index (κ3) is 2.13. The van der Waals surface area contributed by atoms with Crippen molar-refractivity contribution in [3.63, 3.8) is 0 Å². The minimum atomic E-state index is 0.310. The van der Waals surface area contributed by atoms with Crippen LogP contribution in [0.15, 0.2) is 18.2 Å². The lowest BCUT2D eigenvalue weighted by atomic mass is 9.94. The number of benzene rings is 1. The normalized spacial score (nSPS) is 18.8. The Morgan fingerprint density at radius 3 is 2.50 bits per heavy atom. The highest BCUT2D eigenvalue weighted by atomic mass is 127. The third-order valence-electron chi connectivity index (χ3n) is 2.50. The second-order valence-corrected chi connectivity index (χ2v) is 5.81. The van der Waals surface area contributed by atoms with Gasteiger partial charge in [0.25, 0.3) is 0 Å². The van der Waals surface area contributed by atoms with Crippen molar-refractivity contribution >= 4 is 34.0 Å². The van der Waals surface area contributed by atoms with Gasteiger partial charge in [-0.25, -0.2) is 0 Å². The predicted octanol–water partition coefficient (Wildman–Crippen LogP) is 3.15. The van der Waals surface area contributed by atoms with E-state index in [1.807, 2.05) is 0 Å². The van der Waals surface area contributed by atoms with Crippen molar-refractivity contribution in [3.05, 3.63) is 21.8 Å². The zero-order valence-electron chi connectivity index (χ0n) is 8.52. The fourth-order valence-corrected chi connectivity index (χ4v) is 2.04. The van der Waals surface area contributed by atoms with Crippen LogP contribution in [0.4, 0.5) is 11.4 Å². The van der Waals surface area contributed by atoms with Crippen molar-refractivity contribution in [1.29, 1.82) is 0 Å². The van der Waals surface area contributed by atoms with E-state index >= 15 is 0 Å². The molecule has 1 aliphatic heterocycles. The summed E-state index contributed by atoms with van der Waals surface area (Å²) in [6, 6.07) is 6.46. The number of hydrogen-bond donors (Lipinski definition) is 2. The average molecular weight is 302 g/mol. The summed E-state index contributed by atoms with van der Waals surface area (Å²) in [5.41, 5.74) is 2.75. The molecule has 0 atom stereocenters. The van der Waals surface area contributed by atoms with Crippen LogP contribution in [0.2, 0.25) is 0 Å². The first-order valence-electron chi connectivity index (χ1n) is 4.84. The molecule has 0 fully saturated rings. The molecule has 0 aromatic heterocycles. The van der Waals surface area contributed by atoms with Crippen molar-refractivity contribution in [2.24, 2.45) is 5.41 Å². The topological polar surface area (TPSA) is 24.1 Å². The maximum absolute atomic E-state index is 3.49. The fraction of sp³-hybridized carbons (Fsp3) is 0.455. The summed E-state index contributed by atoms with van der Waals surface area (Å²) in [7, 11) is 0. The molecule has 0 saturated heterocycles. The molecule has 1 aromatic rings. The highest BCUT2D eigenvalue weighted by molar-refractivity contribution is 14.1. The van der Waals surface area contributed by atoms with Gasteiger partial charge in [-0.15, -0.1) is 0 Å². The first-order valence-corrected chi connectivity index (χ1v) is 5.92. The largest absolute Gasteiger partial charge is 0.383 e. The SMILES string of the molecule is CC1(C)CNc2ccc(I)cc2NC1. The number of hydrogen-bond acceptors (Lipinski definition) is 2. The Morgan fingerprint density at radius 2 is 1.79 bits per heavy atom. The molecule has 0 saturated carbocycles. The van der Waals surface area contributed by atoms with Crippen LogP contribution in [-0.4, -0.2) is 13.1 Å². The summed E-state index contributed by atoms with van der Waals surface area (Å²) in [5, 5.41) is 6.97. The Balaban J connectivity index is 2.30. The Bertz CT molecular complexity index is 347. The Kier molecular flexibility index (Phi) is 2.60. The van der Waals surface area contributed by atoms with Gasteiger partial charge in [0.2, 0.25) is 0 Å². The molecule has 2 N–H and O–H groups in total. The second-order valence-electron chi connectivity index (χ2n) is 4.56. The summed E-state index contributed by atoms with van der Waals surface area (Å²) >= 11 is 2.34. The lowest BCUT2D eigenvalue weighted by Crippen LogP contribution is -2.27. The molecule has 14 heavy (non-hydrogen) atoms. The van der Waals surface area contributed by atoms with E-state index in [0.717, 1.165) is 13.1 Å². The zero-order valence-corrected chi connectivity index (χ0v) is 10.7. The predicted molar refractivity (Wildman–Crippen MR) is 69.9 cm³/mol. The standard InChI is InChI=1S/C11H15IN2/c1-11(2)6-13-9-4-3-8(12)5-10(9)14-7-11/h3-5,13-14H,6-7H2,1-2H3. The Labute approximate surface area is 98.6 Å². The molecule has 2 nitrogen and oxygen atoms in total. The van der Waals surface area contributed by atoms with E-state index in [0.29, 0.717) is 5.41 Å². The maximum atomic E-state index is 3.49. The van der Waals surface area contributed by atoms with Crippen molar-refractivity contribution in [3.8, 4) is 0 Å². The summed E-state index contributed by atoms with van der Waals surface area (Å²) < 4.78 is 1.27. The molecular formula is C11H15IN2. The van der Waals surface area contributed by atoms with Crippen molar-refractivity contribution in [2.75, 3.05) is 23.7 Å². The lowest BCUT2D eigenvalue weighted by Gasteiger charge is -2.21. The number of nitrogens with one attached hydrogen (secondary N) is 2. The van der Waals surface area contributed by atoms with Crippen LogP contribution >= 0.6 is 22.6 Å². The van der Waals surface area contributed by atoms with Crippen LogP contribution in [0.25, 0.3) is 0 Å². The van der Waals surface area contributed by atoms with Crippen LogP contribution in [0, 0.1) is 8.99 Å². The molecule has 1 heterocycles. The second kappa shape index (κ2) is 3.61. The molecule has 0 spiro atoms. The molecule has 3 heteroatoms. The van der Waals surface area contributed by atoms with E-state index in [2.05, 4.69) is 65.3 Å². The summed E-state index contributed by atoms with van der Waals surface area (Å²) in [6.45, 7) is 6.58. The molecule has 0 unspecified atom stereocenters. The van der Waals surface area contributed by atoms with Crippen molar-refractivity contribution in [1.82, 2.24) is 0 Å². The molecule has 2 rings (SSSR count). The van der Waals surface area contributed by atoms with Crippen LogP contribution in [0.3, 0.4) is 0 Å². The average Bonchev–Trinajstić information content (AvgIpc) is 2.26. The summed E-state index contributed by atoms with van der Waals surface area (Å²) in [5.74, 6) is 0. The van der Waals surface area contributed by atoms with Gasteiger partial charge in [0.15, 0.2) is 0 Å². The van der Waals surface area contributed by atoms with Crippen molar-refractivity contribution in [2.45, 2.75) is 13.8 Å². The molecule has 76 valence electrons. The summed E-state index contributed by atoms with van der Waals surface area (Å²) in [4.78, 5) is 0. The monoisotopic (exact) mass is 302 g/mol. The fourth-order valence-electron chi connectivity index (χ4n) is 1.55. The minimum absolute atomic E-state index is 0.310. The number of fused-ring (bicyclic) bond motifs is 1. The van der Waals surface area contributed by atoms with Gasteiger partial charge in [0.05, 0.1) is 11.4 Å². The van der Waals surface area contributed by atoms with Gasteiger partial charge >= 0.3 is 0 Å². The van der Waals surface area contributed by atoms with Gasteiger partial charge in [-0.1, -0.05) is 13.8 Å². The van der Waals surface area contributed by atoms with E-state index in [4.69, 9.17) is 0 Å². The first-order chi connectivity index (χ1) is 6.57. The Morgan fingerprint density at radius 1 is 1.14 bits per heavy atom.